The van der Waals surface area contributed by atoms with E-state index in [-0.39, 0.29) is 12.5 Å². The third kappa shape index (κ3) is 3.62. The lowest BCUT2D eigenvalue weighted by Crippen LogP contribution is -2.21. The molecule has 3 aromatic rings. The first-order chi connectivity index (χ1) is 13.8. The third-order valence-corrected chi connectivity index (χ3v) is 4.56. The number of anilines is 1. The Hall–Kier alpha value is -3.53. The van der Waals surface area contributed by atoms with Crippen molar-refractivity contribution in [2.24, 2.45) is 0 Å². The molecule has 28 heavy (non-hydrogen) atoms. The van der Waals surface area contributed by atoms with Crippen molar-refractivity contribution in [3.8, 4) is 22.6 Å². The summed E-state index contributed by atoms with van der Waals surface area (Å²) < 4.78 is 11.4. The van der Waals surface area contributed by atoms with Gasteiger partial charge in [0.15, 0.2) is 11.5 Å². The van der Waals surface area contributed by atoms with Crippen molar-refractivity contribution >= 4 is 17.7 Å². The number of rotatable bonds is 5. The zero-order valence-electron chi connectivity index (χ0n) is 15.6. The molecule has 1 aliphatic rings. The summed E-state index contributed by atoms with van der Waals surface area (Å²) in [5.41, 5.74) is 4.22. The van der Waals surface area contributed by atoms with Gasteiger partial charge in [0, 0.05) is 16.8 Å². The van der Waals surface area contributed by atoms with E-state index < -0.39 is 0 Å². The Bertz CT molecular complexity index is 1030. The molecule has 1 N–H and O–H groups in total. The van der Waals surface area contributed by atoms with Crippen LogP contribution in [-0.4, -0.2) is 19.1 Å². The normalized spacial score (nSPS) is 12.4. The lowest BCUT2D eigenvalue weighted by Gasteiger charge is -2.20. The van der Waals surface area contributed by atoms with Crippen LogP contribution < -0.4 is 14.8 Å². The van der Waals surface area contributed by atoms with Crippen LogP contribution in [-0.2, 0) is 4.79 Å². The van der Waals surface area contributed by atoms with Gasteiger partial charge in [-0.05, 0) is 30.7 Å². The van der Waals surface area contributed by atoms with Crippen molar-refractivity contribution in [3.63, 3.8) is 0 Å². The molecule has 0 atom stereocenters. The van der Waals surface area contributed by atoms with Crippen LogP contribution in [0.4, 0.5) is 5.69 Å². The summed E-state index contributed by atoms with van der Waals surface area (Å²) in [7, 11) is 0. The molecule has 1 amide bonds. The molecule has 0 saturated carbocycles. The van der Waals surface area contributed by atoms with Gasteiger partial charge in [-0.3, -0.25) is 4.79 Å². The van der Waals surface area contributed by atoms with E-state index in [1.807, 2.05) is 85.8 Å². The Morgan fingerprint density at radius 2 is 1.79 bits per heavy atom. The fourth-order valence-electron chi connectivity index (χ4n) is 3.24. The van der Waals surface area contributed by atoms with Crippen molar-refractivity contribution in [2.45, 2.75) is 6.92 Å². The van der Waals surface area contributed by atoms with Crippen molar-refractivity contribution in [2.75, 3.05) is 18.5 Å². The van der Waals surface area contributed by atoms with Gasteiger partial charge in [-0.2, -0.15) is 0 Å². The summed E-state index contributed by atoms with van der Waals surface area (Å²) in [6.07, 6.45) is 1.86. The lowest BCUT2D eigenvalue weighted by molar-refractivity contribution is -0.113. The molecule has 0 saturated heterocycles. The van der Waals surface area contributed by atoms with Crippen LogP contribution in [0.25, 0.3) is 17.2 Å². The van der Waals surface area contributed by atoms with Crippen LogP contribution in [0.5, 0.6) is 11.5 Å². The van der Waals surface area contributed by atoms with Crippen LogP contribution in [0.3, 0.4) is 0 Å². The Labute approximate surface area is 164 Å². The first-order valence-corrected chi connectivity index (χ1v) is 9.31. The highest BCUT2D eigenvalue weighted by molar-refractivity contribution is 6.09. The lowest BCUT2D eigenvalue weighted by atomic mass is 10.0. The van der Waals surface area contributed by atoms with Crippen molar-refractivity contribution < 1.29 is 14.3 Å². The Balaban J connectivity index is 1.60. The van der Waals surface area contributed by atoms with E-state index in [0.717, 1.165) is 22.4 Å². The van der Waals surface area contributed by atoms with Crippen LogP contribution in [0.15, 0.2) is 78.4 Å². The number of ether oxygens (including phenoxy) is 2. The average Bonchev–Trinajstić information content (AvgIpc) is 2.75. The second-order valence-electron chi connectivity index (χ2n) is 6.43. The molecular weight excluding hydrogens is 350 g/mol. The number of hydrogen-bond acceptors (Lipinski definition) is 3. The summed E-state index contributed by atoms with van der Waals surface area (Å²) in [5.74, 6) is 1.21. The number of nitrogens with one attached hydrogen (secondary N) is 1. The molecule has 4 rings (SSSR count). The van der Waals surface area contributed by atoms with Gasteiger partial charge in [-0.1, -0.05) is 60.7 Å². The smallest absolute Gasteiger partial charge is 0.255 e. The first-order valence-electron chi connectivity index (χ1n) is 9.31. The minimum atomic E-state index is -0.171. The van der Waals surface area contributed by atoms with Crippen molar-refractivity contribution in [1.29, 1.82) is 0 Å². The molecule has 0 aromatic heterocycles. The van der Waals surface area contributed by atoms with Crippen LogP contribution in [0, 0.1) is 0 Å². The monoisotopic (exact) mass is 371 g/mol. The number of fused-ring (bicyclic) bond motifs is 1. The van der Waals surface area contributed by atoms with Crippen LogP contribution in [0.1, 0.15) is 12.5 Å². The molecule has 0 bridgehead atoms. The number of amides is 1. The van der Waals surface area contributed by atoms with Crippen molar-refractivity contribution in [3.05, 3.63) is 83.9 Å². The number of carbonyl (C=O) groups is 1. The SMILES string of the molecule is CCOc1cccc2c1OCC(C(=O)Nc1ccccc1-c1ccccc1)=C2. The molecule has 140 valence electrons. The van der Waals surface area contributed by atoms with E-state index >= 15 is 0 Å². The number of benzene rings is 3. The Kier molecular flexibility index (Phi) is 5.11. The highest BCUT2D eigenvalue weighted by Crippen LogP contribution is 2.36. The van der Waals surface area contributed by atoms with Gasteiger partial charge in [0.1, 0.15) is 6.61 Å². The van der Waals surface area contributed by atoms with E-state index in [2.05, 4.69) is 5.32 Å². The predicted molar refractivity (Wildman–Crippen MR) is 112 cm³/mol. The Morgan fingerprint density at radius 3 is 2.61 bits per heavy atom. The second kappa shape index (κ2) is 8.01. The van der Waals surface area contributed by atoms with Gasteiger partial charge >= 0.3 is 0 Å². The maximum absolute atomic E-state index is 12.9. The van der Waals surface area contributed by atoms with E-state index in [1.54, 1.807) is 0 Å². The van der Waals surface area contributed by atoms with Gasteiger partial charge < -0.3 is 14.8 Å². The van der Waals surface area contributed by atoms with E-state index in [1.165, 1.54) is 0 Å². The molecule has 4 heteroatoms. The highest BCUT2D eigenvalue weighted by atomic mass is 16.5. The van der Waals surface area contributed by atoms with E-state index in [9.17, 15) is 4.79 Å². The summed E-state index contributed by atoms with van der Waals surface area (Å²) >= 11 is 0. The van der Waals surface area contributed by atoms with Gasteiger partial charge in [-0.25, -0.2) is 0 Å². The van der Waals surface area contributed by atoms with Gasteiger partial charge in [0.2, 0.25) is 0 Å². The zero-order chi connectivity index (χ0) is 19.3. The number of para-hydroxylation sites is 2. The number of hydrogen-bond donors (Lipinski definition) is 1. The quantitative estimate of drug-likeness (QED) is 0.673. The zero-order valence-corrected chi connectivity index (χ0v) is 15.6. The topological polar surface area (TPSA) is 47.6 Å². The number of carbonyl (C=O) groups excluding carboxylic acids is 1. The molecule has 0 aliphatic carbocycles. The highest BCUT2D eigenvalue weighted by Gasteiger charge is 2.21. The van der Waals surface area contributed by atoms with E-state index in [4.69, 9.17) is 9.47 Å². The third-order valence-electron chi connectivity index (χ3n) is 4.56. The molecular formula is C24H21NO3. The molecule has 0 fully saturated rings. The molecule has 1 heterocycles. The molecule has 3 aromatic carbocycles. The molecule has 1 aliphatic heterocycles. The van der Waals surface area contributed by atoms with Crippen LogP contribution >= 0.6 is 0 Å². The predicted octanol–water partition coefficient (Wildman–Crippen LogP) is 5.17. The molecule has 0 spiro atoms. The molecule has 0 radical (unpaired) electrons. The fraction of sp³-hybridized carbons (Fsp3) is 0.125. The van der Waals surface area contributed by atoms with Gasteiger partial charge in [0.05, 0.1) is 12.2 Å². The molecule has 0 unspecified atom stereocenters. The van der Waals surface area contributed by atoms with Gasteiger partial charge in [0.25, 0.3) is 5.91 Å². The summed E-state index contributed by atoms with van der Waals surface area (Å²) in [6.45, 7) is 2.70. The maximum Gasteiger partial charge on any atom is 0.255 e. The maximum atomic E-state index is 12.9. The summed E-state index contributed by atoms with van der Waals surface area (Å²) in [4.78, 5) is 12.9. The van der Waals surface area contributed by atoms with Crippen molar-refractivity contribution in [1.82, 2.24) is 0 Å². The largest absolute Gasteiger partial charge is 0.490 e. The minimum absolute atomic E-state index is 0.171. The molecule has 4 nitrogen and oxygen atoms in total. The Morgan fingerprint density at radius 1 is 1.00 bits per heavy atom. The van der Waals surface area contributed by atoms with E-state index in [0.29, 0.717) is 23.7 Å². The fourth-order valence-corrected chi connectivity index (χ4v) is 3.24. The summed E-state index contributed by atoms with van der Waals surface area (Å²) in [6, 6.07) is 23.5. The standard InChI is InChI=1S/C24H21NO3/c1-2-27-22-14-8-11-18-15-19(16-28-23(18)22)24(26)25-21-13-7-6-12-20(21)17-9-4-3-5-10-17/h3-15H,2,16H2,1H3,(H,25,26). The summed E-state index contributed by atoms with van der Waals surface area (Å²) in [5, 5.41) is 3.03. The van der Waals surface area contributed by atoms with Crippen LogP contribution in [0.2, 0.25) is 0 Å². The second-order valence-corrected chi connectivity index (χ2v) is 6.43. The minimum Gasteiger partial charge on any atom is -0.490 e. The average molecular weight is 371 g/mol. The first kappa shape index (κ1) is 17.9. The van der Waals surface area contributed by atoms with Gasteiger partial charge in [-0.15, -0.1) is 0 Å².